The molecule has 22 heavy (non-hydrogen) atoms. The van der Waals surface area contributed by atoms with E-state index in [1.54, 1.807) is 0 Å². The molecular weight excluding hydrogens is 342 g/mol. The maximum absolute atomic E-state index is 5.88. The molecule has 1 aromatic carbocycles. The number of nitrogens with zero attached hydrogens (tertiary/aromatic N) is 1. The quantitative estimate of drug-likeness (QED) is 0.479. The Labute approximate surface area is 140 Å². The molecule has 0 radical (unpaired) electrons. The van der Waals surface area contributed by atoms with Crippen molar-refractivity contribution >= 4 is 21.9 Å². The second-order valence-electron chi connectivity index (χ2n) is 6.09. The first-order chi connectivity index (χ1) is 10.7. The van der Waals surface area contributed by atoms with Gasteiger partial charge >= 0.3 is 0 Å². The zero-order valence-electron chi connectivity index (χ0n) is 13.0. The van der Waals surface area contributed by atoms with E-state index in [-0.39, 0.29) is 0 Å². The van der Waals surface area contributed by atoms with Gasteiger partial charge in [0.1, 0.15) is 0 Å². The summed E-state index contributed by atoms with van der Waals surface area (Å²) in [6.07, 6.45) is 6.53. The number of halogens is 1. The van der Waals surface area contributed by atoms with Gasteiger partial charge in [-0.1, -0.05) is 28.1 Å². The van der Waals surface area contributed by atoms with Crippen molar-refractivity contribution in [3.05, 3.63) is 34.3 Å². The summed E-state index contributed by atoms with van der Waals surface area (Å²) in [6, 6.07) is 8.92. The lowest BCUT2D eigenvalue weighted by Gasteiger charge is -2.22. The summed E-state index contributed by atoms with van der Waals surface area (Å²) in [6.45, 7) is 0.924. The molecule has 2 saturated heterocycles. The molecule has 2 bridgehead atoms. The Kier molecular flexibility index (Phi) is 5.37. The predicted molar refractivity (Wildman–Crippen MR) is 93.3 cm³/mol. The summed E-state index contributed by atoms with van der Waals surface area (Å²) in [7, 11) is 1.83. The molecule has 120 valence electrons. The van der Waals surface area contributed by atoms with Crippen molar-refractivity contribution in [3.8, 4) is 0 Å². The van der Waals surface area contributed by atoms with E-state index < -0.39 is 0 Å². The van der Waals surface area contributed by atoms with Gasteiger partial charge in [0, 0.05) is 18.1 Å². The van der Waals surface area contributed by atoms with Crippen LogP contribution in [0, 0.1) is 0 Å². The van der Waals surface area contributed by atoms with Crippen molar-refractivity contribution in [1.82, 2.24) is 10.6 Å². The van der Waals surface area contributed by atoms with Crippen LogP contribution in [0.2, 0.25) is 0 Å². The number of nitrogens with one attached hydrogen (secondary N) is 2. The van der Waals surface area contributed by atoms with Crippen molar-refractivity contribution < 1.29 is 4.74 Å². The number of aliphatic imine (C=N–C) groups is 1. The summed E-state index contributed by atoms with van der Waals surface area (Å²) >= 11 is 3.51. The lowest BCUT2D eigenvalue weighted by atomic mass is 9.96. The molecule has 2 aliphatic heterocycles. The topological polar surface area (TPSA) is 45.7 Å². The first-order valence-electron chi connectivity index (χ1n) is 8.11. The molecule has 2 N–H and O–H groups in total. The summed E-state index contributed by atoms with van der Waals surface area (Å²) in [4.78, 5) is 4.33. The van der Waals surface area contributed by atoms with Crippen LogP contribution in [-0.4, -0.2) is 37.8 Å². The lowest BCUT2D eigenvalue weighted by Crippen LogP contribution is -2.47. The van der Waals surface area contributed by atoms with Gasteiger partial charge < -0.3 is 15.4 Å². The van der Waals surface area contributed by atoms with Crippen molar-refractivity contribution in [3.63, 3.8) is 0 Å². The number of benzene rings is 1. The Hall–Kier alpha value is -1.07. The number of ether oxygens (including phenoxy) is 1. The van der Waals surface area contributed by atoms with E-state index in [1.807, 2.05) is 7.05 Å². The minimum absolute atomic E-state index is 0.380. The van der Waals surface area contributed by atoms with Gasteiger partial charge in [0.25, 0.3) is 0 Å². The number of hydrogen-bond acceptors (Lipinski definition) is 2. The van der Waals surface area contributed by atoms with E-state index in [4.69, 9.17) is 4.74 Å². The molecule has 5 heteroatoms. The third-order valence-electron chi connectivity index (χ3n) is 4.48. The van der Waals surface area contributed by atoms with Crippen molar-refractivity contribution in [2.45, 2.75) is 50.4 Å². The van der Waals surface area contributed by atoms with Crippen LogP contribution < -0.4 is 10.6 Å². The Morgan fingerprint density at radius 1 is 1.41 bits per heavy atom. The number of hydrogen-bond donors (Lipinski definition) is 2. The minimum atomic E-state index is 0.380. The molecule has 0 saturated carbocycles. The maximum atomic E-state index is 5.88. The van der Waals surface area contributed by atoms with E-state index in [2.05, 4.69) is 55.8 Å². The first kappa shape index (κ1) is 15.8. The average molecular weight is 366 g/mol. The van der Waals surface area contributed by atoms with Crippen LogP contribution in [0.25, 0.3) is 0 Å². The van der Waals surface area contributed by atoms with Gasteiger partial charge in [-0.25, -0.2) is 0 Å². The minimum Gasteiger partial charge on any atom is -0.373 e. The molecule has 0 aromatic heterocycles. The Bertz CT molecular complexity index is 534. The molecule has 2 fully saturated rings. The molecule has 2 aliphatic rings. The summed E-state index contributed by atoms with van der Waals surface area (Å²) in [5.41, 5.74) is 1.36. The number of fused-ring (bicyclic) bond motifs is 2. The fourth-order valence-corrected chi connectivity index (χ4v) is 3.80. The largest absolute Gasteiger partial charge is 0.373 e. The van der Waals surface area contributed by atoms with Gasteiger partial charge in [0.2, 0.25) is 0 Å². The molecule has 3 unspecified atom stereocenters. The lowest BCUT2D eigenvalue weighted by molar-refractivity contribution is 0.0992. The average Bonchev–Trinajstić information content (AvgIpc) is 3.13. The number of guanidine groups is 1. The van der Waals surface area contributed by atoms with Crippen LogP contribution in [0.1, 0.15) is 31.2 Å². The summed E-state index contributed by atoms with van der Waals surface area (Å²) < 4.78 is 7.02. The SMILES string of the molecule is CN=C(NCCCc1cccc(Br)c1)NC1CC2CCC1O2. The Morgan fingerprint density at radius 3 is 3.00 bits per heavy atom. The maximum Gasteiger partial charge on any atom is 0.191 e. The highest BCUT2D eigenvalue weighted by Crippen LogP contribution is 2.34. The monoisotopic (exact) mass is 365 g/mol. The van der Waals surface area contributed by atoms with Crippen LogP contribution >= 0.6 is 15.9 Å². The van der Waals surface area contributed by atoms with Crippen molar-refractivity contribution in [2.24, 2.45) is 4.99 Å². The molecule has 3 rings (SSSR count). The predicted octanol–water partition coefficient (Wildman–Crippen LogP) is 2.87. The summed E-state index contributed by atoms with van der Waals surface area (Å²) in [5.74, 6) is 0.899. The zero-order chi connectivity index (χ0) is 15.4. The van der Waals surface area contributed by atoms with Gasteiger partial charge in [-0.2, -0.15) is 0 Å². The van der Waals surface area contributed by atoms with E-state index in [9.17, 15) is 0 Å². The van der Waals surface area contributed by atoms with Crippen LogP contribution in [0.4, 0.5) is 0 Å². The number of aryl methyl sites for hydroxylation is 1. The fraction of sp³-hybridized carbons (Fsp3) is 0.588. The van der Waals surface area contributed by atoms with Crippen molar-refractivity contribution in [1.29, 1.82) is 0 Å². The normalized spacial score (nSPS) is 27.2. The molecule has 3 atom stereocenters. The number of rotatable bonds is 5. The standard InChI is InChI=1S/C17H24BrN3O/c1-19-17(21-15-11-14-7-8-16(15)22-14)20-9-3-5-12-4-2-6-13(18)10-12/h2,4,6,10,14-16H,3,5,7-9,11H2,1H3,(H2,19,20,21). The molecular formula is C17H24BrN3O. The van der Waals surface area contributed by atoms with E-state index in [1.165, 1.54) is 18.4 Å². The van der Waals surface area contributed by atoms with Gasteiger partial charge in [0.15, 0.2) is 5.96 Å². The smallest absolute Gasteiger partial charge is 0.191 e. The van der Waals surface area contributed by atoms with Gasteiger partial charge in [-0.15, -0.1) is 0 Å². The molecule has 2 heterocycles. The Morgan fingerprint density at radius 2 is 2.32 bits per heavy atom. The van der Waals surface area contributed by atoms with E-state index >= 15 is 0 Å². The van der Waals surface area contributed by atoms with Gasteiger partial charge in [0.05, 0.1) is 18.2 Å². The molecule has 0 spiro atoms. The van der Waals surface area contributed by atoms with Crippen LogP contribution in [0.5, 0.6) is 0 Å². The third-order valence-corrected chi connectivity index (χ3v) is 4.97. The van der Waals surface area contributed by atoms with Gasteiger partial charge in [-0.3, -0.25) is 4.99 Å². The second-order valence-corrected chi connectivity index (χ2v) is 7.01. The molecule has 4 nitrogen and oxygen atoms in total. The van der Waals surface area contributed by atoms with E-state index in [0.29, 0.717) is 18.2 Å². The molecule has 0 aliphatic carbocycles. The summed E-state index contributed by atoms with van der Waals surface area (Å²) in [5, 5.41) is 6.92. The highest BCUT2D eigenvalue weighted by Gasteiger charge is 2.40. The molecule has 1 aromatic rings. The van der Waals surface area contributed by atoms with Gasteiger partial charge in [-0.05, 0) is 49.8 Å². The van der Waals surface area contributed by atoms with Crippen LogP contribution in [0.3, 0.4) is 0 Å². The second kappa shape index (κ2) is 7.47. The van der Waals surface area contributed by atoms with E-state index in [0.717, 1.165) is 36.2 Å². The van der Waals surface area contributed by atoms with Crippen LogP contribution in [-0.2, 0) is 11.2 Å². The molecule has 0 amide bonds. The van der Waals surface area contributed by atoms with Crippen molar-refractivity contribution in [2.75, 3.05) is 13.6 Å². The third kappa shape index (κ3) is 4.02. The highest BCUT2D eigenvalue weighted by atomic mass is 79.9. The fourth-order valence-electron chi connectivity index (χ4n) is 3.35. The highest BCUT2D eigenvalue weighted by molar-refractivity contribution is 9.10. The zero-order valence-corrected chi connectivity index (χ0v) is 14.6. The Balaban J connectivity index is 1.38. The first-order valence-corrected chi connectivity index (χ1v) is 8.91. The van der Waals surface area contributed by atoms with Crippen LogP contribution in [0.15, 0.2) is 33.7 Å².